The Morgan fingerprint density at radius 3 is 2.18 bits per heavy atom. The van der Waals surface area contributed by atoms with E-state index in [0.29, 0.717) is 12.2 Å². The van der Waals surface area contributed by atoms with Gasteiger partial charge >= 0.3 is 12.0 Å². The number of carbonyl (C=O) groups excluding carboxylic acids is 4. The van der Waals surface area contributed by atoms with Crippen LogP contribution < -0.4 is 15.5 Å². The zero-order valence-corrected chi connectivity index (χ0v) is 15.6. The van der Waals surface area contributed by atoms with E-state index in [0.717, 1.165) is 0 Å². The molecule has 0 aliphatic rings. The third kappa shape index (κ3) is 5.41. The summed E-state index contributed by atoms with van der Waals surface area (Å²) in [5.74, 6) is -2.01. The molecule has 0 bridgehead atoms. The van der Waals surface area contributed by atoms with E-state index < -0.39 is 30.4 Å². The highest BCUT2D eigenvalue weighted by atomic mass is 16.5. The number of amides is 4. The molecule has 0 aliphatic carbocycles. The number of hydrogen-bond acceptors (Lipinski definition) is 5. The van der Waals surface area contributed by atoms with Gasteiger partial charge in [-0.2, -0.15) is 0 Å². The molecule has 8 heteroatoms. The molecule has 28 heavy (non-hydrogen) atoms. The number of nitrogens with one attached hydrogen (secondary N) is 2. The third-order valence-electron chi connectivity index (χ3n) is 3.75. The van der Waals surface area contributed by atoms with E-state index in [1.807, 2.05) is 11.4 Å². The van der Waals surface area contributed by atoms with Crippen LogP contribution >= 0.6 is 0 Å². The van der Waals surface area contributed by atoms with E-state index in [1.54, 1.807) is 50.4 Å². The van der Waals surface area contributed by atoms with Gasteiger partial charge in [0.1, 0.15) is 0 Å². The monoisotopic (exact) mass is 383 g/mol. The number of anilines is 1. The van der Waals surface area contributed by atoms with Crippen LogP contribution in [0, 0.1) is 0 Å². The SMILES string of the molecule is CCNC(=O)NC(=O)COC(=O)c1ccccc1C(=O)N(C)c1ccccc1. The lowest BCUT2D eigenvalue weighted by atomic mass is 10.1. The lowest BCUT2D eigenvalue weighted by Crippen LogP contribution is -2.41. The number of carbonyl (C=O) groups is 4. The van der Waals surface area contributed by atoms with Gasteiger partial charge in [-0.3, -0.25) is 14.9 Å². The Labute approximate surface area is 162 Å². The number of benzene rings is 2. The second kappa shape index (κ2) is 9.86. The molecule has 4 amide bonds. The first-order valence-corrected chi connectivity index (χ1v) is 8.61. The number of urea groups is 1. The average Bonchev–Trinajstić information content (AvgIpc) is 2.71. The molecule has 2 rings (SSSR count). The van der Waals surface area contributed by atoms with Crippen LogP contribution in [0.4, 0.5) is 10.5 Å². The molecule has 2 aromatic rings. The van der Waals surface area contributed by atoms with Crippen LogP contribution in [0.25, 0.3) is 0 Å². The van der Waals surface area contributed by atoms with Gasteiger partial charge in [0.25, 0.3) is 11.8 Å². The van der Waals surface area contributed by atoms with Crippen molar-refractivity contribution in [3.8, 4) is 0 Å². The molecule has 2 aromatic carbocycles. The summed E-state index contributed by atoms with van der Waals surface area (Å²) >= 11 is 0. The maximum absolute atomic E-state index is 12.8. The fraction of sp³-hybridized carbons (Fsp3) is 0.200. The van der Waals surface area contributed by atoms with Crippen LogP contribution in [0.15, 0.2) is 54.6 Å². The fourth-order valence-electron chi connectivity index (χ4n) is 2.37. The summed E-state index contributed by atoms with van der Waals surface area (Å²) < 4.78 is 4.94. The predicted octanol–water partition coefficient (Wildman–Crippen LogP) is 1.97. The van der Waals surface area contributed by atoms with Gasteiger partial charge in [-0.15, -0.1) is 0 Å². The molecule has 0 heterocycles. The molecule has 0 radical (unpaired) electrons. The molecular weight excluding hydrogens is 362 g/mol. The molecule has 0 saturated heterocycles. The van der Waals surface area contributed by atoms with Crippen molar-refractivity contribution in [3.05, 3.63) is 65.7 Å². The third-order valence-corrected chi connectivity index (χ3v) is 3.75. The second-order valence-electron chi connectivity index (χ2n) is 5.73. The molecule has 0 fully saturated rings. The standard InChI is InChI=1S/C20H21N3O5/c1-3-21-20(27)22-17(24)13-28-19(26)16-12-8-7-11-15(16)18(25)23(2)14-9-5-4-6-10-14/h4-12H,3,13H2,1-2H3,(H2,21,22,24,27). The molecule has 0 aliphatic heterocycles. The summed E-state index contributed by atoms with van der Waals surface area (Å²) in [5.41, 5.74) is 0.834. The van der Waals surface area contributed by atoms with Crippen molar-refractivity contribution >= 4 is 29.5 Å². The smallest absolute Gasteiger partial charge is 0.339 e. The molecule has 2 N–H and O–H groups in total. The van der Waals surface area contributed by atoms with Crippen LogP contribution in [0.2, 0.25) is 0 Å². The fourth-order valence-corrected chi connectivity index (χ4v) is 2.37. The van der Waals surface area contributed by atoms with Gasteiger partial charge in [-0.1, -0.05) is 30.3 Å². The van der Waals surface area contributed by atoms with E-state index in [1.165, 1.54) is 17.0 Å². The summed E-state index contributed by atoms with van der Waals surface area (Å²) in [7, 11) is 1.60. The number of rotatable bonds is 6. The average molecular weight is 383 g/mol. The van der Waals surface area contributed by atoms with Gasteiger partial charge in [0.05, 0.1) is 11.1 Å². The largest absolute Gasteiger partial charge is 0.452 e. The Hall–Kier alpha value is -3.68. The lowest BCUT2D eigenvalue weighted by Gasteiger charge is -2.18. The van der Waals surface area contributed by atoms with E-state index in [2.05, 4.69) is 5.32 Å². The van der Waals surface area contributed by atoms with Crippen molar-refractivity contribution in [2.24, 2.45) is 0 Å². The number of para-hydroxylation sites is 1. The highest BCUT2D eigenvalue weighted by Crippen LogP contribution is 2.18. The van der Waals surface area contributed by atoms with Crippen molar-refractivity contribution < 1.29 is 23.9 Å². The predicted molar refractivity (Wildman–Crippen MR) is 103 cm³/mol. The summed E-state index contributed by atoms with van der Waals surface area (Å²) in [6.45, 7) is 1.40. The molecule has 0 spiro atoms. The number of nitrogens with zero attached hydrogens (tertiary/aromatic N) is 1. The summed E-state index contributed by atoms with van der Waals surface area (Å²) in [6.07, 6.45) is 0. The summed E-state index contributed by atoms with van der Waals surface area (Å²) in [5, 5.41) is 4.41. The number of imide groups is 1. The number of hydrogen-bond donors (Lipinski definition) is 2. The van der Waals surface area contributed by atoms with E-state index in [9.17, 15) is 19.2 Å². The molecule has 0 unspecified atom stereocenters. The van der Waals surface area contributed by atoms with Gasteiger partial charge in [0.15, 0.2) is 6.61 Å². The van der Waals surface area contributed by atoms with Crippen LogP contribution in [-0.4, -0.2) is 44.0 Å². The first kappa shape index (κ1) is 20.6. The van der Waals surface area contributed by atoms with E-state index in [-0.39, 0.29) is 11.1 Å². The molecular formula is C20H21N3O5. The molecule has 0 saturated carbocycles. The van der Waals surface area contributed by atoms with Crippen LogP contribution in [-0.2, 0) is 9.53 Å². The Morgan fingerprint density at radius 1 is 0.929 bits per heavy atom. The van der Waals surface area contributed by atoms with Crippen molar-refractivity contribution in [2.75, 3.05) is 25.1 Å². The highest BCUT2D eigenvalue weighted by Gasteiger charge is 2.22. The van der Waals surface area contributed by atoms with Crippen LogP contribution in [0.1, 0.15) is 27.6 Å². The van der Waals surface area contributed by atoms with Gasteiger partial charge in [0.2, 0.25) is 0 Å². The maximum atomic E-state index is 12.8. The normalized spacial score (nSPS) is 9.93. The Kier molecular flexibility index (Phi) is 7.27. The minimum Gasteiger partial charge on any atom is -0.452 e. The van der Waals surface area contributed by atoms with Gasteiger partial charge in [0, 0.05) is 19.3 Å². The number of ether oxygens (including phenoxy) is 1. The van der Waals surface area contributed by atoms with E-state index >= 15 is 0 Å². The molecule has 8 nitrogen and oxygen atoms in total. The van der Waals surface area contributed by atoms with E-state index in [4.69, 9.17) is 4.74 Å². The van der Waals surface area contributed by atoms with Crippen molar-refractivity contribution in [2.45, 2.75) is 6.92 Å². The van der Waals surface area contributed by atoms with Crippen molar-refractivity contribution in [1.29, 1.82) is 0 Å². The van der Waals surface area contributed by atoms with Crippen LogP contribution in [0.5, 0.6) is 0 Å². The molecule has 146 valence electrons. The zero-order chi connectivity index (χ0) is 20.5. The Balaban J connectivity index is 2.08. The second-order valence-corrected chi connectivity index (χ2v) is 5.73. The van der Waals surface area contributed by atoms with Gasteiger partial charge in [-0.25, -0.2) is 9.59 Å². The van der Waals surface area contributed by atoms with Crippen molar-refractivity contribution in [3.63, 3.8) is 0 Å². The van der Waals surface area contributed by atoms with Crippen molar-refractivity contribution in [1.82, 2.24) is 10.6 Å². The first-order chi connectivity index (χ1) is 13.4. The topological polar surface area (TPSA) is 105 Å². The Morgan fingerprint density at radius 2 is 1.54 bits per heavy atom. The summed E-state index contributed by atoms with van der Waals surface area (Å²) in [4.78, 5) is 49.5. The molecule has 0 atom stereocenters. The zero-order valence-electron chi connectivity index (χ0n) is 15.6. The van der Waals surface area contributed by atoms with Gasteiger partial charge in [-0.05, 0) is 31.2 Å². The number of esters is 1. The quantitative estimate of drug-likeness (QED) is 0.742. The molecule has 0 aromatic heterocycles. The minimum atomic E-state index is -0.837. The minimum absolute atomic E-state index is 0.0288. The van der Waals surface area contributed by atoms with Gasteiger partial charge < -0.3 is 15.0 Å². The summed E-state index contributed by atoms with van der Waals surface area (Å²) in [6, 6.07) is 14.5. The lowest BCUT2D eigenvalue weighted by molar-refractivity contribution is -0.123. The Bertz CT molecular complexity index is 867. The maximum Gasteiger partial charge on any atom is 0.339 e. The van der Waals surface area contributed by atoms with Crippen LogP contribution in [0.3, 0.4) is 0 Å². The first-order valence-electron chi connectivity index (χ1n) is 8.61. The highest BCUT2D eigenvalue weighted by molar-refractivity contribution is 6.12.